The van der Waals surface area contributed by atoms with Gasteiger partial charge in [-0.3, -0.25) is 0 Å². The molecule has 0 saturated heterocycles. The molecule has 0 atom stereocenters. The van der Waals surface area contributed by atoms with Crippen LogP contribution in [0.15, 0.2) is 46.7 Å². The van der Waals surface area contributed by atoms with Gasteiger partial charge in [0.2, 0.25) is 0 Å². The summed E-state index contributed by atoms with van der Waals surface area (Å²) in [4.78, 5) is 12.0. The first-order valence-corrected chi connectivity index (χ1v) is 6.56. The number of nitrogens with zero attached hydrogens (tertiary/aromatic N) is 3. The van der Waals surface area contributed by atoms with Crippen LogP contribution in [0.5, 0.6) is 0 Å². The van der Waals surface area contributed by atoms with Crippen LogP contribution < -0.4 is 0 Å². The second-order valence-electron chi connectivity index (χ2n) is 4.16. The Hall–Kier alpha value is -2.32. The normalized spacial score (nSPS) is 10.5. The maximum Gasteiger partial charge on any atom is 0.172 e. The lowest BCUT2D eigenvalue weighted by Gasteiger charge is -1.95. The number of rotatable bonds is 2. The Balaban J connectivity index is 1.90. The number of fused-ring (bicyclic) bond motifs is 1. The summed E-state index contributed by atoms with van der Waals surface area (Å²) < 4.78 is 0. The first kappa shape index (κ1) is 11.8. The van der Waals surface area contributed by atoms with Crippen LogP contribution in [0.4, 0.5) is 0 Å². The second-order valence-corrected chi connectivity index (χ2v) is 5.17. The fourth-order valence-electron chi connectivity index (χ4n) is 1.75. The molecule has 0 saturated carbocycles. The Morgan fingerprint density at radius 1 is 1.26 bits per heavy atom. The van der Waals surface area contributed by atoms with Crippen molar-refractivity contribution in [3.63, 3.8) is 0 Å². The van der Waals surface area contributed by atoms with Crippen molar-refractivity contribution in [2.45, 2.75) is 17.1 Å². The van der Waals surface area contributed by atoms with Crippen LogP contribution in [0, 0.1) is 18.3 Å². The van der Waals surface area contributed by atoms with E-state index in [0.717, 1.165) is 21.2 Å². The zero-order valence-corrected chi connectivity index (χ0v) is 11.0. The smallest absolute Gasteiger partial charge is 0.172 e. The van der Waals surface area contributed by atoms with E-state index >= 15 is 0 Å². The summed E-state index contributed by atoms with van der Waals surface area (Å²) in [6.45, 7) is 2.05. The van der Waals surface area contributed by atoms with Crippen LogP contribution >= 0.6 is 11.8 Å². The number of imidazole rings is 1. The molecule has 92 valence electrons. The highest BCUT2D eigenvalue weighted by atomic mass is 32.2. The van der Waals surface area contributed by atoms with Gasteiger partial charge in [-0.25, -0.2) is 9.97 Å². The molecule has 4 nitrogen and oxygen atoms in total. The molecule has 0 aliphatic heterocycles. The first-order valence-electron chi connectivity index (χ1n) is 5.75. The third kappa shape index (κ3) is 2.44. The van der Waals surface area contributed by atoms with E-state index in [1.54, 1.807) is 12.3 Å². The van der Waals surface area contributed by atoms with Gasteiger partial charge in [-0.15, -0.1) is 0 Å². The monoisotopic (exact) mass is 266 g/mol. The Kier molecular flexibility index (Phi) is 2.94. The van der Waals surface area contributed by atoms with Crippen molar-refractivity contribution < 1.29 is 0 Å². The van der Waals surface area contributed by atoms with E-state index in [9.17, 15) is 0 Å². The van der Waals surface area contributed by atoms with Crippen molar-refractivity contribution in [3.8, 4) is 6.07 Å². The molecule has 0 bridgehead atoms. The lowest BCUT2D eigenvalue weighted by Crippen LogP contribution is -1.82. The number of aryl methyl sites for hydroxylation is 1. The van der Waals surface area contributed by atoms with Crippen LogP contribution in [-0.2, 0) is 0 Å². The van der Waals surface area contributed by atoms with Crippen LogP contribution in [0.1, 0.15) is 11.1 Å². The maximum atomic E-state index is 8.72. The molecule has 0 unspecified atom stereocenters. The number of H-pyrrole nitrogens is 1. The van der Waals surface area contributed by atoms with Gasteiger partial charge in [0.1, 0.15) is 11.1 Å². The maximum absolute atomic E-state index is 8.72. The molecule has 1 N–H and O–H groups in total. The van der Waals surface area contributed by atoms with Crippen molar-refractivity contribution in [2.24, 2.45) is 0 Å². The number of benzene rings is 1. The molecule has 0 aliphatic carbocycles. The Bertz CT molecular complexity index is 768. The predicted molar refractivity (Wildman–Crippen MR) is 73.9 cm³/mol. The van der Waals surface area contributed by atoms with Gasteiger partial charge in [-0.2, -0.15) is 5.26 Å². The van der Waals surface area contributed by atoms with Crippen molar-refractivity contribution >= 4 is 22.8 Å². The summed E-state index contributed by atoms with van der Waals surface area (Å²) in [7, 11) is 0. The van der Waals surface area contributed by atoms with Gasteiger partial charge in [-0.05, 0) is 48.5 Å². The summed E-state index contributed by atoms with van der Waals surface area (Å²) in [6.07, 6.45) is 1.56. The van der Waals surface area contributed by atoms with Crippen molar-refractivity contribution in [1.29, 1.82) is 5.26 Å². The number of nitrogens with one attached hydrogen (secondary N) is 1. The van der Waals surface area contributed by atoms with Crippen LogP contribution in [-0.4, -0.2) is 15.0 Å². The minimum Gasteiger partial charge on any atom is -0.333 e. The lowest BCUT2D eigenvalue weighted by atomic mass is 10.2. The molecule has 3 rings (SSSR count). The topological polar surface area (TPSA) is 65.4 Å². The van der Waals surface area contributed by atoms with E-state index in [1.807, 2.05) is 18.2 Å². The van der Waals surface area contributed by atoms with Gasteiger partial charge in [0.05, 0.1) is 16.6 Å². The molecule has 0 spiro atoms. The Morgan fingerprint density at radius 3 is 2.89 bits per heavy atom. The molecule has 1 aromatic carbocycles. The van der Waals surface area contributed by atoms with Gasteiger partial charge in [0.15, 0.2) is 5.16 Å². The summed E-state index contributed by atoms with van der Waals surface area (Å²) >= 11 is 1.45. The molecular weight excluding hydrogens is 256 g/mol. The van der Waals surface area contributed by atoms with Crippen molar-refractivity contribution in [2.75, 3.05) is 0 Å². The minimum absolute atomic E-state index is 0.560. The second kappa shape index (κ2) is 4.75. The molecule has 0 amide bonds. The highest BCUT2D eigenvalue weighted by Gasteiger charge is 2.05. The quantitative estimate of drug-likeness (QED) is 0.773. The summed E-state index contributed by atoms with van der Waals surface area (Å²) in [6, 6.07) is 11.7. The summed E-state index contributed by atoms with van der Waals surface area (Å²) in [5, 5.41) is 10.3. The fourth-order valence-corrected chi connectivity index (χ4v) is 2.50. The van der Waals surface area contributed by atoms with E-state index in [-0.39, 0.29) is 0 Å². The Morgan fingerprint density at radius 2 is 2.16 bits per heavy atom. The molecule has 5 heteroatoms. The fraction of sp³-hybridized carbons (Fsp3) is 0.0714. The van der Waals surface area contributed by atoms with E-state index in [1.165, 1.54) is 17.3 Å². The molecule has 3 aromatic rings. The predicted octanol–water partition coefficient (Wildman–Crippen LogP) is 3.29. The molecular formula is C14H10N4S. The van der Waals surface area contributed by atoms with Gasteiger partial charge in [0, 0.05) is 6.20 Å². The van der Waals surface area contributed by atoms with Gasteiger partial charge < -0.3 is 4.98 Å². The number of aromatic nitrogens is 3. The van der Waals surface area contributed by atoms with Crippen molar-refractivity contribution in [3.05, 3.63) is 47.7 Å². The van der Waals surface area contributed by atoms with Crippen molar-refractivity contribution in [1.82, 2.24) is 15.0 Å². The van der Waals surface area contributed by atoms with Crippen LogP contribution in [0.2, 0.25) is 0 Å². The highest BCUT2D eigenvalue weighted by molar-refractivity contribution is 7.99. The first-order chi connectivity index (χ1) is 9.24. The number of nitriles is 1. The van der Waals surface area contributed by atoms with Gasteiger partial charge in [-0.1, -0.05) is 6.07 Å². The SMILES string of the molecule is Cc1ccc2nc(Sc3ccc(C#N)cn3)[nH]c2c1. The van der Waals surface area contributed by atoms with E-state index in [4.69, 9.17) is 5.26 Å². The molecule has 2 aromatic heterocycles. The minimum atomic E-state index is 0.560. The van der Waals surface area contributed by atoms with E-state index < -0.39 is 0 Å². The Labute approximate surface area is 114 Å². The van der Waals surface area contributed by atoms with Crippen LogP contribution in [0.25, 0.3) is 11.0 Å². The largest absolute Gasteiger partial charge is 0.333 e. The van der Waals surface area contributed by atoms with E-state index in [0.29, 0.717) is 5.56 Å². The van der Waals surface area contributed by atoms with Gasteiger partial charge >= 0.3 is 0 Å². The molecule has 19 heavy (non-hydrogen) atoms. The molecule has 0 fully saturated rings. The number of hydrogen-bond donors (Lipinski definition) is 1. The summed E-state index contributed by atoms with van der Waals surface area (Å²) in [5.41, 5.74) is 3.73. The zero-order chi connectivity index (χ0) is 13.2. The molecule has 0 radical (unpaired) electrons. The highest BCUT2D eigenvalue weighted by Crippen LogP contribution is 2.25. The average molecular weight is 266 g/mol. The lowest BCUT2D eigenvalue weighted by molar-refractivity contribution is 1.05. The van der Waals surface area contributed by atoms with E-state index in [2.05, 4.69) is 34.0 Å². The number of pyridine rings is 1. The third-order valence-electron chi connectivity index (χ3n) is 2.68. The zero-order valence-electron chi connectivity index (χ0n) is 10.2. The summed E-state index contributed by atoms with van der Waals surface area (Å²) in [5.74, 6) is 0. The number of aromatic amines is 1. The van der Waals surface area contributed by atoms with Crippen LogP contribution in [0.3, 0.4) is 0 Å². The standard InChI is InChI=1S/C14H10N4S/c1-9-2-4-11-12(6-9)18-14(17-11)19-13-5-3-10(7-15)8-16-13/h2-6,8H,1H3,(H,17,18). The average Bonchev–Trinajstić information content (AvgIpc) is 2.81. The molecule has 0 aliphatic rings. The molecule has 2 heterocycles. The third-order valence-corrected chi connectivity index (χ3v) is 3.52. The number of hydrogen-bond acceptors (Lipinski definition) is 4. The van der Waals surface area contributed by atoms with Gasteiger partial charge in [0.25, 0.3) is 0 Å².